The van der Waals surface area contributed by atoms with Crippen molar-refractivity contribution in [3.8, 4) is 6.07 Å². The van der Waals surface area contributed by atoms with Crippen LogP contribution >= 0.6 is 0 Å². The Labute approximate surface area is 137 Å². The zero-order valence-electron chi connectivity index (χ0n) is 13.7. The Morgan fingerprint density at radius 2 is 1.83 bits per heavy atom. The predicted molar refractivity (Wildman–Crippen MR) is 80.0 cm³/mol. The van der Waals surface area contributed by atoms with Crippen LogP contribution in [0.25, 0.3) is 0 Å². The van der Waals surface area contributed by atoms with Crippen LogP contribution in [0.4, 0.5) is 18.9 Å². The summed E-state index contributed by atoms with van der Waals surface area (Å²) >= 11 is 0. The van der Waals surface area contributed by atoms with E-state index >= 15 is 0 Å². The third-order valence-corrected chi connectivity index (χ3v) is 2.82. The first kappa shape index (κ1) is 19.5. The van der Waals surface area contributed by atoms with Gasteiger partial charge >= 0.3 is 12.1 Å². The molecular weight excluding hydrogens is 325 g/mol. The predicted octanol–water partition coefficient (Wildman–Crippen LogP) is 3.27. The maximum atomic E-state index is 12.9. The molecule has 0 saturated carbocycles. The second-order valence-electron chi connectivity index (χ2n) is 6.03. The van der Waals surface area contributed by atoms with Gasteiger partial charge in [-0.3, -0.25) is 9.59 Å². The highest BCUT2D eigenvalue weighted by atomic mass is 19.4. The van der Waals surface area contributed by atoms with E-state index in [9.17, 15) is 22.8 Å². The molecule has 0 radical (unpaired) electrons. The van der Waals surface area contributed by atoms with E-state index in [1.165, 1.54) is 0 Å². The number of carbonyl (C=O) groups excluding carboxylic acids is 2. The van der Waals surface area contributed by atoms with Crippen molar-refractivity contribution in [3.05, 3.63) is 29.3 Å². The van der Waals surface area contributed by atoms with Crippen LogP contribution in [-0.2, 0) is 20.5 Å². The minimum atomic E-state index is -4.64. The van der Waals surface area contributed by atoms with Gasteiger partial charge in [-0.1, -0.05) is 0 Å². The van der Waals surface area contributed by atoms with Crippen LogP contribution in [0.3, 0.4) is 0 Å². The molecule has 8 heteroatoms. The van der Waals surface area contributed by atoms with Gasteiger partial charge in [-0.15, -0.1) is 0 Å². The number of alkyl halides is 3. The number of anilines is 1. The number of hydrogen-bond donors (Lipinski definition) is 0. The molecular formula is C16H17F3N2O3. The van der Waals surface area contributed by atoms with Crippen LogP contribution in [-0.4, -0.2) is 24.0 Å². The van der Waals surface area contributed by atoms with Crippen LogP contribution in [0.1, 0.15) is 38.8 Å². The Hall–Kier alpha value is -2.56. The van der Waals surface area contributed by atoms with Crippen molar-refractivity contribution >= 4 is 17.6 Å². The van der Waals surface area contributed by atoms with E-state index in [2.05, 4.69) is 0 Å². The molecule has 0 aliphatic carbocycles. The number of amides is 1. The molecule has 0 spiro atoms. The van der Waals surface area contributed by atoms with Crippen molar-refractivity contribution in [2.75, 3.05) is 11.4 Å². The molecule has 1 rings (SSSR count). The van der Waals surface area contributed by atoms with Gasteiger partial charge in [0.1, 0.15) is 18.2 Å². The zero-order valence-corrected chi connectivity index (χ0v) is 13.7. The number of carbonyl (C=O) groups is 2. The first-order chi connectivity index (χ1) is 10.8. The number of halogens is 3. The summed E-state index contributed by atoms with van der Waals surface area (Å²) in [6.45, 7) is 5.35. The average molecular weight is 342 g/mol. The Kier molecular flexibility index (Phi) is 5.61. The molecule has 0 heterocycles. The molecule has 0 saturated heterocycles. The lowest BCUT2D eigenvalue weighted by molar-refractivity contribution is -0.153. The molecule has 0 atom stereocenters. The Bertz CT molecular complexity index is 685. The van der Waals surface area contributed by atoms with Gasteiger partial charge in [0.05, 0.1) is 16.8 Å². The van der Waals surface area contributed by atoms with E-state index in [4.69, 9.17) is 10.00 Å². The zero-order chi connectivity index (χ0) is 18.7. The second-order valence-corrected chi connectivity index (χ2v) is 6.03. The first-order valence-corrected chi connectivity index (χ1v) is 6.96. The summed E-state index contributed by atoms with van der Waals surface area (Å²) in [6, 6.07) is 4.09. The number of nitriles is 1. The number of benzene rings is 1. The largest absolute Gasteiger partial charge is 0.459 e. The van der Waals surface area contributed by atoms with Gasteiger partial charge < -0.3 is 9.64 Å². The van der Waals surface area contributed by atoms with Gasteiger partial charge in [-0.2, -0.15) is 18.4 Å². The number of hydrogen-bond acceptors (Lipinski definition) is 4. The second kappa shape index (κ2) is 6.91. The normalized spacial score (nSPS) is 11.6. The molecule has 0 unspecified atom stereocenters. The van der Waals surface area contributed by atoms with Crippen LogP contribution in [0.5, 0.6) is 0 Å². The summed E-state index contributed by atoms with van der Waals surface area (Å²) < 4.78 is 43.7. The van der Waals surface area contributed by atoms with Crippen molar-refractivity contribution in [3.63, 3.8) is 0 Å². The van der Waals surface area contributed by atoms with Crippen LogP contribution in [0.15, 0.2) is 18.2 Å². The maximum absolute atomic E-state index is 12.9. The van der Waals surface area contributed by atoms with E-state index < -0.39 is 35.8 Å². The lowest BCUT2D eigenvalue weighted by Gasteiger charge is -2.25. The highest BCUT2D eigenvalue weighted by Crippen LogP contribution is 2.33. The molecule has 24 heavy (non-hydrogen) atoms. The van der Waals surface area contributed by atoms with Crippen molar-refractivity contribution in [1.29, 1.82) is 5.26 Å². The summed E-state index contributed by atoms with van der Waals surface area (Å²) in [6.07, 6.45) is -4.64. The number of esters is 1. The fourth-order valence-corrected chi connectivity index (χ4v) is 1.89. The molecule has 0 aliphatic heterocycles. The maximum Gasteiger partial charge on any atom is 0.416 e. The highest BCUT2D eigenvalue weighted by molar-refractivity contribution is 5.97. The van der Waals surface area contributed by atoms with E-state index in [0.717, 1.165) is 24.0 Å². The molecule has 0 aromatic heterocycles. The number of ether oxygens (including phenoxy) is 1. The summed E-state index contributed by atoms with van der Waals surface area (Å²) in [5.41, 5.74) is -2.27. The van der Waals surface area contributed by atoms with E-state index in [-0.39, 0.29) is 11.3 Å². The molecule has 1 aromatic rings. The summed E-state index contributed by atoms with van der Waals surface area (Å²) in [5.74, 6) is -1.48. The number of rotatable bonds is 3. The minimum absolute atomic E-state index is 0.151. The lowest BCUT2D eigenvalue weighted by atomic mass is 10.1. The van der Waals surface area contributed by atoms with Gasteiger partial charge in [0.2, 0.25) is 5.91 Å². The standard InChI is InChI=1S/C16H17F3N2O3/c1-10(22)21(9-14(23)24-15(2,3)4)13-7-12(16(17,18)19)6-5-11(13)8-20/h5-7H,9H2,1-4H3. The third kappa shape index (κ3) is 5.26. The van der Waals surface area contributed by atoms with Crippen molar-refractivity contribution in [1.82, 2.24) is 0 Å². The quantitative estimate of drug-likeness (QED) is 0.791. The van der Waals surface area contributed by atoms with Gasteiger partial charge in [-0.05, 0) is 39.0 Å². The lowest BCUT2D eigenvalue weighted by Crippen LogP contribution is -2.38. The fraction of sp³-hybridized carbons (Fsp3) is 0.438. The Morgan fingerprint density at radius 1 is 1.25 bits per heavy atom. The Balaban J connectivity index is 3.28. The molecule has 0 N–H and O–H groups in total. The fourth-order valence-electron chi connectivity index (χ4n) is 1.89. The van der Waals surface area contributed by atoms with E-state index in [1.54, 1.807) is 26.8 Å². The van der Waals surface area contributed by atoms with Gasteiger partial charge in [-0.25, -0.2) is 0 Å². The van der Waals surface area contributed by atoms with Crippen LogP contribution < -0.4 is 4.90 Å². The Morgan fingerprint density at radius 3 is 2.25 bits per heavy atom. The summed E-state index contributed by atoms with van der Waals surface area (Å²) in [5, 5.41) is 9.08. The summed E-state index contributed by atoms with van der Waals surface area (Å²) in [7, 11) is 0. The molecule has 130 valence electrons. The van der Waals surface area contributed by atoms with E-state index in [1.807, 2.05) is 0 Å². The SMILES string of the molecule is CC(=O)N(CC(=O)OC(C)(C)C)c1cc(C(F)(F)F)ccc1C#N. The smallest absolute Gasteiger partial charge is 0.416 e. The van der Waals surface area contributed by atoms with Crippen LogP contribution in [0.2, 0.25) is 0 Å². The highest BCUT2D eigenvalue weighted by Gasteiger charge is 2.32. The molecule has 1 aromatic carbocycles. The third-order valence-electron chi connectivity index (χ3n) is 2.82. The van der Waals surface area contributed by atoms with Gasteiger partial charge in [0, 0.05) is 6.92 Å². The molecule has 0 aliphatic rings. The minimum Gasteiger partial charge on any atom is -0.459 e. The van der Waals surface area contributed by atoms with Crippen molar-refractivity contribution in [2.45, 2.75) is 39.5 Å². The molecule has 0 bridgehead atoms. The van der Waals surface area contributed by atoms with E-state index in [0.29, 0.717) is 6.07 Å². The average Bonchev–Trinajstić information content (AvgIpc) is 2.41. The topological polar surface area (TPSA) is 70.4 Å². The van der Waals surface area contributed by atoms with Crippen molar-refractivity contribution < 1.29 is 27.5 Å². The summed E-state index contributed by atoms with van der Waals surface area (Å²) in [4.78, 5) is 24.5. The molecule has 1 amide bonds. The first-order valence-electron chi connectivity index (χ1n) is 6.96. The van der Waals surface area contributed by atoms with Gasteiger partial charge in [0.25, 0.3) is 0 Å². The molecule has 0 fully saturated rings. The van der Waals surface area contributed by atoms with Crippen molar-refractivity contribution in [2.24, 2.45) is 0 Å². The molecule has 5 nitrogen and oxygen atoms in total. The van der Waals surface area contributed by atoms with Gasteiger partial charge in [0.15, 0.2) is 0 Å². The van der Waals surface area contributed by atoms with Crippen LogP contribution in [0, 0.1) is 11.3 Å². The monoisotopic (exact) mass is 342 g/mol. The number of nitrogens with zero attached hydrogens (tertiary/aromatic N) is 2.